The Balaban J connectivity index is 2.88. The molecule has 2 aromatic heterocycles. The summed E-state index contributed by atoms with van der Waals surface area (Å²) in [6, 6.07) is 0. The van der Waals surface area contributed by atoms with Crippen molar-refractivity contribution in [3.05, 3.63) is 17.2 Å². The fraction of sp³-hybridized carbons (Fsp3) is 0.375. The van der Waals surface area contributed by atoms with E-state index in [1.807, 2.05) is 0 Å². The molecule has 2 aromatic rings. The van der Waals surface area contributed by atoms with Crippen molar-refractivity contribution >= 4 is 11.7 Å². The van der Waals surface area contributed by atoms with E-state index in [2.05, 4.69) is 10.1 Å². The van der Waals surface area contributed by atoms with Gasteiger partial charge in [-0.25, -0.2) is 9.78 Å². The Morgan fingerprint density at radius 2 is 2.07 bits per heavy atom. The maximum absolute atomic E-state index is 10.9. The maximum Gasteiger partial charge on any atom is 0.356 e. The van der Waals surface area contributed by atoms with Crippen LogP contribution in [0.3, 0.4) is 0 Å². The topological polar surface area (TPSA) is 72.4 Å². The minimum absolute atomic E-state index is 0.128. The number of imidazole rings is 1. The van der Waals surface area contributed by atoms with Crippen LogP contribution in [0.1, 0.15) is 22.0 Å². The van der Waals surface area contributed by atoms with Gasteiger partial charge in [0.1, 0.15) is 5.82 Å². The average Bonchev–Trinajstić information content (AvgIpc) is 2.51. The molecule has 6 nitrogen and oxygen atoms in total. The van der Waals surface area contributed by atoms with E-state index in [0.717, 1.165) is 5.82 Å². The van der Waals surface area contributed by atoms with E-state index in [-0.39, 0.29) is 5.69 Å². The highest BCUT2D eigenvalue weighted by Gasteiger charge is 2.19. The number of hydrogen-bond donors (Lipinski definition) is 1. The third-order valence-corrected chi connectivity index (χ3v) is 2.24. The van der Waals surface area contributed by atoms with Gasteiger partial charge in [-0.3, -0.25) is 0 Å². The van der Waals surface area contributed by atoms with Gasteiger partial charge < -0.3 is 9.67 Å². The van der Waals surface area contributed by atoms with Crippen LogP contribution in [-0.4, -0.2) is 30.2 Å². The lowest BCUT2D eigenvalue weighted by atomic mass is 10.3. The molecule has 0 amide bonds. The van der Waals surface area contributed by atoms with Crippen molar-refractivity contribution in [2.75, 3.05) is 0 Å². The highest BCUT2D eigenvalue weighted by molar-refractivity contribution is 5.87. The van der Waals surface area contributed by atoms with E-state index in [4.69, 9.17) is 5.11 Å². The van der Waals surface area contributed by atoms with Crippen LogP contribution in [0, 0.1) is 13.8 Å². The maximum atomic E-state index is 10.9. The number of carbonyl (C=O) groups is 1. The number of hydrogen-bond acceptors (Lipinski definition) is 3. The molecular weight excluding hydrogens is 184 g/mol. The van der Waals surface area contributed by atoms with Gasteiger partial charge in [0.25, 0.3) is 0 Å². The van der Waals surface area contributed by atoms with Gasteiger partial charge in [0.2, 0.25) is 5.78 Å². The lowest BCUT2D eigenvalue weighted by Gasteiger charge is -1.90. The molecule has 2 rings (SSSR count). The summed E-state index contributed by atoms with van der Waals surface area (Å²) in [5.74, 6) is 0.278. The van der Waals surface area contributed by atoms with Crippen molar-refractivity contribution in [3.8, 4) is 0 Å². The molecule has 0 aliphatic carbocycles. The Kier molecular flexibility index (Phi) is 1.60. The Morgan fingerprint density at radius 3 is 2.64 bits per heavy atom. The van der Waals surface area contributed by atoms with E-state index in [9.17, 15) is 4.79 Å². The summed E-state index contributed by atoms with van der Waals surface area (Å²) >= 11 is 0. The van der Waals surface area contributed by atoms with Crippen LogP contribution in [0.4, 0.5) is 0 Å². The van der Waals surface area contributed by atoms with Gasteiger partial charge in [0.05, 0.1) is 5.69 Å². The van der Waals surface area contributed by atoms with Crippen molar-refractivity contribution < 1.29 is 9.90 Å². The summed E-state index contributed by atoms with van der Waals surface area (Å²) in [7, 11) is 1.80. The summed E-state index contributed by atoms with van der Waals surface area (Å²) in [4.78, 5) is 15.0. The van der Waals surface area contributed by atoms with Crippen molar-refractivity contribution in [1.29, 1.82) is 0 Å². The van der Waals surface area contributed by atoms with Gasteiger partial charge in [0, 0.05) is 7.05 Å². The molecule has 2 heterocycles. The van der Waals surface area contributed by atoms with Crippen LogP contribution in [-0.2, 0) is 7.05 Å². The summed E-state index contributed by atoms with van der Waals surface area (Å²) in [6.45, 7) is 3.46. The largest absolute Gasteiger partial charge is 0.476 e. The molecule has 0 saturated carbocycles. The number of rotatable bonds is 1. The molecule has 0 spiro atoms. The molecule has 14 heavy (non-hydrogen) atoms. The third-order valence-electron chi connectivity index (χ3n) is 2.24. The molecule has 0 bridgehead atoms. The highest BCUT2D eigenvalue weighted by atomic mass is 16.4. The normalized spacial score (nSPS) is 11.1. The number of fused-ring (bicyclic) bond motifs is 1. The molecule has 0 aliphatic rings. The second-order valence-corrected chi connectivity index (χ2v) is 3.17. The molecule has 0 radical (unpaired) electrons. The van der Waals surface area contributed by atoms with Crippen molar-refractivity contribution in [2.24, 2.45) is 7.05 Å². The van der Waals surface area contributed by atoms with Crippen LogP contribution in [0.2, 0.25) is 0 Å². The molecule has 74 valence electrons. The van der Waals surface area contributed by atoms with Crippen LogP contribution >= 0.6 is 0 Å². The lowest BCUT2D eigenvalue weighted by Crippen LogP contribution is -2.04. The van der Waals surface area contributed by atoms with Gasteiger partial charge in [-0.2, -0.15) is 9.61 Å². The fourth-order valence-electron chi connectivity index (χ4n) is 1.42. The summed E-state index contributed by atoms with van der Waals surface area (Å²) in [5, 5.41) is 13.0. The van der Waals surface area contributed by atoms with Gasteiger partial charge in [0.15, 0.2) is 5.69 Å². The lowest BCUT2D eigenvalue weighted by molar-refractivity contribution is 0.0687. The SMILES string of the molecule is Cc1nc2n(C)c(C)nn2c1C(=O)O. The smallest absolute Gasteiger partial charge is 0.356 e. The van der Waals surface area contributed by atoms with Crippen LogP contribution in [0.5, 0.6) is 0 Å². The molecular formula is C8H10N4O2. The molecule has 1 N–H and O–H groups in total. The highest BCUT2D eigenvalue weighted by Crippen LogP contribution is 2.11. The summed E-state index contributed by atoms with van der Waals surface area (Å²) in [5.41, 5.74) is 0.610. The predicted molar refractivity (Wildman–Crippen MR) is 48.4 cm³/mol. The molecule has 6 heteroatoms. The Hall–Kier alpha value is -1.85. The first-order valence-electron chi connectivity index (χ1n) is 4.14. The van der Waals surface area contributed by atoms with E-state index in [1.165, 1.54) is 4.52 Å². The van der Waals surface area contributed by atoms with Crippen molar-refractivity contribution in [2.45, 2.75) is 13.8 Å². The number of aromatic carboxylic acids is 1. The average molecular weight is 194 g/mol. The molecule has 0 unspecified atom stereocenters. The molecule has 0 aromatic carbocycles. The van der Waals surface area contributed by atoms with Gasteiger partial charge in [-0.15, -0.1) is 0 Å². The monoisotopic (exact) mass is 194 g/mol. The minimum Gasteiger partial charge on any atom is -0.476 e. The summed E-state index contributed by atoms with van der Waals surface area (Å²) in [6.07, 6.45) is 0. The standard InChI is InChI=1S/C8H10N4O2/c1-4-6(7(13)14)12-8(9-4)11(3)5(2)10-12/h1-3H3,(H,13,14). The van der Waals surface area contributed by atoms with Crippen LogP contribution in [0.15, 0.2) is 0 Å². The first-order valence-corrected chi connectivity index (χ1v) is 4.14. The molecule has 0 fully saturated rings. The first-order chi connectivity index (χ1) is 6.52. The Bertz CT molecular complexity index is 523. The minimum atomic E-state index is -1.01. The van der Waals surface area contributed by atoms with E-state index < -0.39 is 5.97 Å². The van der Waals surface area contributed by atoms with E-state index in [1.54, 1.807) is 25.5 Å². The third kappa shape index (κ3) is 0.935. The first kappa shape index (κ1) is 8.74. The Morgan fingerprint density at radius 1 is 1.43 bits per heavy atom. The van der Waals surface area contributed by atoms with Crippen molar-refractivity contribution in [1.82, 2.24) is 19.2 Å². The zero-order valence-corrected chi connectivity index (χ0v) is 8.14. The van der Waals surface area contributed by atoms with Gasteiger partial charge >= 0.3 is 5.97 Å². The van der Waals surface area contributed by atoms with Gasteiger partial charge in [-0.05, 0) is 13.8 Å². The molecule has 0 saturated heterocycles. The zero-order chi connectivity index (χ0) is 10.5. The number of carboxylic acids is 1. The summed E-state index contributed by atoms with van der Waals surface area (Å²) < 4.78 is 3.10. The second kappa shape index (κ2) is 2.57. The van der Waals surface area contributed by atoms with E-state index in [0.29, 0.717) is 11.5 Å². The van der Waals surface area contributed by atoms with E-state index >= 15 is 0 Å². The van der Waals surface area contributed by atoms with Crippen molar-refractivity contribution in [3.63, 3.8) is 0 Å². The number of carboxylic acid groups (broad SMARTS) is 1. The Labute approximate surface area is 79.8 Å². The number of aromatic nitrogens is 4. The molecule has 0 atom stereocenters. The number of aryl methyl sites for hydroxylation is 3. The van der Waals surface area contributed by atoms with Crippen LogP contribution in [0.25, 0.3) is 5.78 Å². The second-order valence-electron chi connectivity index (χ2n) is 3.17. The zero-order valence-electron chi connectivity index (χ0n) is 8.14. The van der Waals surface area contributed by atoms with Crippen LogP contribution < -0.4 is 0 Å². The fourth-order valence-corrected chi connectivity index (χ4v) is 1.42. The van der Waals surface area contributed by atoms with Gasteiger partial charge in [-0.1, -0.05) is 0 Å². The predicted octanol–water partition coefficient (Wildman–Crippen LogP) is 0.383. The quantitative estimate of drug-likeness (QED) is 0.712. The number of nitrogens with zero attached hydrogens (tertiary/aromatic N) is 4. The molecule has 0 aliphatic heterocycles.